The van der Waals surface area contributed by atoms with Crippen molar-refractivity contribution in [2.75, 3.05) is 12.3 Å². The Kier molecular flexibility index (Phi) is 4.63. The molecular formula is C19H20N4O2S. The lowest BCUT2D eigenvalue weighted by molar-refractivity contribution is 0.0655. The zero-order valence-electron chi connectivity index (χ0n) is 14.4. The minimum absolute atomic E-state index is 0.193. The molecule has 0 spiro atoms. The van der Waals surface area contributed by atoms with Gasteiger partial charge in [-0.2, -0.15) is 0 Å². The predicted octanol–water partition coefficient (Wildman–Crippen LogP) is 3.12. The quantitative estimate of drug-likeness (QED) is 0.310. The van der Waals surface area contributed by atoms with Crippen molar-refractivity contribution in [1.29, 1.82) is 0 Å². The summed E-state index contributed by atoms with van der Waals surface area (Å²) < 4.78 is 2.12. The van der Waals surface area contributed by atoms with Crippen LogP contribution in [0.2, 0.25) is 0 Å². The average molecular weight is 368 g/mol. The van der Waals surface area contributed by atoms with Gasteiger partial charge in [-0.3, -0.25) is 14.5 Å². The van der Waals surface area contributed by atoms with Crippen LogP contribution in [0.4, 0.5) is 0 Å². The number of hydrogen-bond acceptors (Lipinski definition) is 5. The number of aromatic nitrogens is 3. The Morgan fingerprint density at radius 3 is 2.46 bits per heavy atom. The highest BCUT2D eigenvalue weighted by Gasteiger charge is 2.34. The molecule has 0 bridgehead atoms. The number of carbonyl (C=O) groups excluding carboxylic acids is 2. The number of carbonyl (C=O) groups is 2. The molecule has 2 aliphatic rings. The van der Waals surface area contributed by atoms with Gasteiger partial charge in [-0.1, -0.05) is 30.0 Å². The number of nitrogens with zero attached hydrogens (tertiary/aromatic N) is 4. The van der Waals surface area contributed by atoms with Crippen LogP contribution < -0.4 is 0 Å². The molecule has 2 amide bonds. The molecule has 1 saturated carbocycles. The van der Waals surface area contributed by atoms with Gasteiger partial charge in [0.05, 0.1) is 11.1 Å². The molecule has 1 fully saturated rings. The Morgan fingerprint density at radius 2 is 1.85 bits per heavy atom. The van der Waals surface area contributed by atoms with E-state index in [1.807, 2.05) is 6.08 Å². The maximum absolute atomic E-state index is 12.4. The van der Waals surface area contributed by atoms with E-state index in [4.69, 9.17) is 0 Å². The van der Waals surface area contributed by atoms with Crippen molar-refractivity contribution < 1.29 is 9.59 Å². The fraction of sp³-hybridized carbons (Fsp3) is 0.368. The number of amides is 2. The Balaban J connectivity index is 1.34. The molecule has 0 N–H and O–H groups in total. The van der Waals surface area contributed by atoms with Gasteiger partial charge in [0.25, 0.3) is 11.8 Å². The average Bonchev–Trinajstić information content (AvgIpc) is 3.38. The van der Waals surface area contributed by atoms with Crippen LogP contribution in [0.5, 0.6) is 0 Å². The molecular weight excluding hydrogens is 348 g/mol. The monoisotopic (exact) mass is 368 g/mol. The number of hydrogen-bond donors (Lipinski definition) is 0. The molecule has 0 radical (unpaired) electrons. The van der Waals surface area contributed by atoms with E-state index in [0.717, 1.165) is 23.2 Å². The number of benzene rings is 1. The Bertz CT molecular complexity index is 837. The van der Waals surface area contributed by atoms with Crippen molar-refractivity contribution in [1.82, 2.24) is 19.7 Å². The van der Waals surface area contributed by atoms with Gasteiger partial charge in [0.2, 0.25) is 0 Å². The Hall–Kier alpha value is -2.41. The minimum Gasteiger partial charge on any atom is -0.302 e. The highest BCUT2D eigenvalue weighted by Crippen LogP contribution is 2.40. The van der Waals surface area contributed by atoms with E-state index >= 15 is 0 Å². The van der Waals surface area contributed by atoms with Crippen molar-refractivity contribution in [3.63, 3.8) is 0 Å². The standard InChI is InChI=1S/C19H20N4O2S/c1-2-10-22-16(13-8-9-13)20-21-19(22)26-12-5-11-23-17(24)14-6-3-4-7-15(14)18(23)25/h2-4,6-7,13H,1,5,8-12H2. The molecule has 7 heteroatoms. The van der Waals surface area contributed by atoms with Gasteiger partial charge >= 0.3 is 0 Å². The SMILES string of the molecule is C=CCn1c(SCCCN2C(=O)c3ccccc3C2=O)nnc1C1CC1. The number of rotatable bonds is 8. The molecule has 1 aliphatic carbocycles. The van der Waals surface area contributed by atoms with Gasteiger partial charge < -0.3 is 4.57 Å². The van der Waals surface area contributed by atoms with E-state index in [1.54, 1.807) is 36.0 Å². The second-order valence-electron chi connectivity index (χ2n) is 6.52. The zero-order chi connectivity index (χ0) is 18.1. The third-order valence-electron chi connectivity index (χ3n) is 4.64. The maximum Gasteiger partial charge on any atom is 0.261 e. The van der Waals surface area contributed by atoms with Gasteiger partial charge in [0.15, 0.2) is 5.16 Å². The molecule has 1 aromatic carbocycles. The second-order valence-corrected chi connectivity index (χ2v) is 7.59. The van der Waals surface area contributed by atoms with Gasteiger partial charge in [0.1, 0.15) is 5.82 Å². The lowest BCUT2D eigenvalue weighted by Crippen LogP contribution is -2.31. The smallest absolute Gasteiger partial charge is 0.261 e. The molecule has 134 valence electrons. The Labute approximate surface area is 156 Å². The molecule has 2 heterocycles. The number of imide groups is 1. The van der Waals surface area contributed by atoms with Crippen LogP contribution in [0.15, 0.2) is 42.1 Å². The summed E-state index contributed by atoms with van der Waals surface area (Å²) in [6.45, 7) is 4.94. The molecule has 0 saturated heterocycles. The summed E-state index contributed by atoms with van der Waals surface area (Å²) in [5.74, 6) is 1.97. The summed E-state index contributed by atoms with van der Waals surface area (Å²) in [5, 5.41) is 9.52. The molecule has 0 atom stereocenters. The molecule has 1 aliphatic heterocycles. The lowest BCUT2D eigenvalue weighted by Gasteiger charge is -2.13. The first-order chi connectivity index (χ1) is 12.7. The van der Waals surface area contributed by atoms with Crippen molar-refractivity contribution in [2.24, 2.45) is 0 Å². The van der Waals surface area contributed by atoms with Crippen LogP contribution in [-0.4, -0.2) is 43.8 Å². The van der Waals surface area contributed by atoms with E-state index in [-0.39, 0.29) is 11.8 Å². The highest BCUT2D eigenvalue weighted by atomic mass is 32.2. The van der Waals surface area contributed by atoms with Crippen molar-refractivity contribution in [3.8, 4) is 0 Å². The zero-order valence-corrected chi connectivity index (χ0v) is 15.2. The number of allylic oxidation sites excluding steroid dienone is 1. The van der Waals surface area contributed by atoms with E-state index in [9.17, 15) is 9.59 Å². The van der Waals surface area contributed by atoms with Gasteiger partial charge in [-0.25, -0.2) is 0 Å². The van der Waals surface area contributed by atoms with Crippen molar-refractivity contribution >= 4 is 23.6 Å². The largest absolute Gasteiger partial charge is 0.302 e. The van der Waals surface area contributed by atoms with E-state index in [2.05, 4.69) is 21.3 Å². The van der Waals surface area contributed by atoms with Gasteiger partial charge in [0, 0.05) is 24.8 Å². The molecule has 6 nitrogen and oxygen atoms in total. The van der Waals surface area contributed by atoms with Crippen LogP contribution in [-0.2, 0) is 6.54 Å². The summed E-state index contributed by atoms with van der Waals surface area (Å²) in [6, 6.07) is 6.99. The van der Waals surface area contributed by atoms with E-state index < -0.39 is 0 Å². The summed E-state index contributed by atoms with van der Waals surface area (Å²) >= 11 is 1.62. The first-order valence-electron chi connectivity index (χ1n) is 8.82. The normalized spacial score (nSPS) is 16.2. The lowest BCUT2D eigenvalue weighted by atomic mass is 10.1. The van der Waals surface area contributed by atoms with Crippen LogP contribution in [0.3, 0.4) is 0 Å². The predicted molar refractivity (Wildman–Crippen MR) is 99.3 cm³/mol. The first kappa shape index (κ1) is 17.0. The minimum atomic E-state index is -0.193. The van der Waals surface area contributed by atoms with Gasteiger partial charge in [-0.05, 0) is 31.4 Å². The first-order valence-corrected chi connectivity index (χ1v) is 9.81. The molecule has 4 rings (SSSR count). The van der Waals surface area contributed by atoms with E-state index in [1.165, 1.54) is 17.7 Å². The maximum atomic E-state index is 12.4. The van der Waals surface area contributed by atoms with Gasteiger partial charge in [-0.15, -0.1) is 16.8 Å². The van der Waals surface area contributed by atoms with Crippen molar-refractivity contribution in [2.45, 2.75) is 36.9 Å². The van der Waals surface area contributed by atoms with E-state index in [0.29, 0.717) is 30.1 Å². The highest BCUT2D eigenvalue weighted by molar-refractivity contribution is 7.99. The number of fused-ring (bicyclic) bond motifs is 1. The molecule has 26 heavy (non-hydrogen) atoms. The Morgan fingerprint density at radius 1 is 1.15 bits per heavy atom. The second kappa shape index (κ2) is 7.07. The van der Waals surface area contributed by atoms with Crippen molar-refractivity contribution in [3.05, 3.63) is 53.9 Å². The summed E-state index contributed by atoms with van der Waals surface area (Å²) in [7, 11) is 0. The van der Waals surface area contributed by atoms with Crippen LogP contribution in [0.25, 0.3) is 0 Å². The number of thioether (sulfide) groups is 1. The molecule has 1 aromatic heterocycles. The third-order valence-corrected chi connectivity index (χ3v) is 5.69. The van der Waals surface area contributed by atoms with Crippen LogP contribution in [0.1, 0.15) is 51.7 Å². The van der Waals surface area contributed by atoms with Crippen LogP contribution >= 0.6 is 11.8 Å². The molecule has 0 unspecified atom stereocenters. The summed E-state index contributed by atoms with van der Waals surface area (Å²) in [4.78, 5) is 26.1. The summed E-state index contributed by atoms with van der Waals surface area (Å²) in [6.07, 6.45) is 4.94. The summed E-state index contributed by atoms with van der Waals surface area (Å²) in [5.41, 5.74) is 1.01. The third kappa shape index (κ3) is 3.07. The van der Waals surface area contributed by atoms with Crippen LogP contribution in [0, 0.1) is 0 Å². The fourth-order valence-corrected chi connectivity index (χ4v) is 4.06. The fourth-order valence-electron chi connectivity index (χ4n) is 3.18. The molecule has 2 aromatic rings. The topological polar surface area (TPSA) is 68.1 Å².